The molecule has 3 fully saturated rings. The molecule has 2 aromatic carbocycles. The second kappa shape index (κ2) is 14.4. The molecule has 8 rings (SSSR count). The number of methoxy groups -OCH3 is 2. The van der Waals surface area contributed by atoms with E-state index in [2.05, 4.69) is 56.8 Å². The van der Waals surface area contributed by atoms with Gasteiger partial charge in [0.15, 0.2) is 0 Å². The van der Waals surface area contributed by atoms with Crippen LogP contribution in [-0.2, 0) is 31.9 Å². The Morgan fingerprint density at radius 2 is 1.54 bits per heavy atom. The third-order valence-electron chi connectivity index (χ3n) is 12.0. The van der Waals surface area contributed by atoms with Gasteiger partial charge in [-0.3, -0.25) is 14.6 Å². The second-order valence-electron chi connectivity index (χ2n) is 15.2. The number of piperidine rings is 1. The highest BCUT2D eigenvalue weighted by Gasteiger charge is 2.51. The summed E-state index contributed by atoms with van der Waals surface area (Å²) in [5.41, 5.74) is 10.4. The van der Waals surface area contributed by atoms with Crippen molar-refractivity contribution in [1.29, 1.82) is 0 Å². The molecule has 3 N–H and O–H groups in total. The summed E-state index contributed by atoms with van der Waals surface area (Å²) in [5.74, 6) is 0.899. The van der Waals surface area contributed by atoms with Crippen molar-refractivity contribution in [2.45, 2.75) is 95.4 Å². The van der Waals surface area contributed by atoms with Crippen LogP contribution in [0.5, 0.6) is 0 Å². The predicted octanol–water partition coefficient (Wildman–Crippen LogP) is 5.56. The van der Waals surface area contributed by atoms with Crippen LogP contribution in [0.4, 0.5) is 9.59 Å². The molecule has 1 aromatic heterocycles. The number of rotatable bonds is 8. The van der Waals surface area contributed by atoms with Crippen LogP contribution in [0, 0.1) is 5.92 Å². The van der Waals surface area contributed by atoms with Crippen LogP contribution in [-0.4, -0.2) is 94.4 Å². The average molecular weight is 734 g/mol. The summed E-state index contributed by atoms with van der Waals surface area (Å²) in [7, 11) is 2.58. The monoisotopic (exact) mass is 733 g/mol. The number of aromatic nitrogens is 2. The molecule has 13 nitrogen and oxygen atoms in total. The Labute approximate surface area is 314 Å². The van der Waals surface area contributed by atoms with E-state index in [9.17, 15) is 19.2 Å². The lowest BCUT2D eigenvalue weighted by molar-refractivity contribution is -0.136. The number of nitrogens with zero attached hydrogens (tertiary/aromatic N) is 4. The van der Waals surface area contributed by atoms with Crippen molar-refractivity contribution in [2.75, 3.05) is 20.8 Å². The molecule has 3 aromatic rings. The minimum Gasteiger partial charge on any atom is -0.453 e. The van der Waals surface area contributed by atoms with Gasteiger partial charge in [0, 0.05) is 30.9 Å². The van der Waals surface area contributed by atoms with Crippen LogP contribution in [0.15, 0.2) is 53.8 Å². The van der Waals surface area contributed by atoms with Crippen molar-refractivity contribution in [3.05, 3.63) is 71.3 Å². The van der Waals surface area contributed by atoms with Crippen LogP contribution >= 0.6 is 0 Å². The first-order valence-corrected chi connectivity index (χ1v) is 19.0. The van der Waals surface area contributed by atoms with Gasteiger partial charge in [0.2, 0.25) is 11.8 Å². The fourth-order valence-corrected chi connectivity index (χ4v) is 9.34. The van der Waals surface area contributed by atoms with E-state index in [1.54, 1.807) is 18.7 Å². The first-order valence-electron chi connectivity index (χ1n) is 19.0. The number of H-pyrrole nitrogens is 1. The summed E-state index contributed by atoms with van der Waals surface area (Å²) in [5, 5.41) is 5.23. The van der Waals surface area contributed by atoms with Gasteiger partial charge >= 0.3 is 12.2 Å². The number of carbonyl (C=O) groups excluding carboxylic acids is 4. The third kappa shape index (κ3) is 6.43. The maximum atomic E-state index is 13.6. The minimum absolute atomic E-state index is 0.0461. The molecule has 2 aliphatic carbocycles. The second-order valence-corrected chi connectivity index (χ2v) is 15.2. The highest BCUT2D eigenvalue weighted by molar-refractivity contribution is 6.04. The van der Waals surface area contributed by atoms with E-state index >= 15 is 0 Å². The van der Waals surface area contributed by atoms with Gasteiger partial charge in [-0.25, -0.2) is 14.6 Å². The number of benzene rings is 2. The van der Waals surface area contributed by atoms with Crippen molar-refractivity contribution in [3.8, 4) is 22.4 Å². The lowest BCUT2D eigenvalue weighted by Crippen LogP contribution is -2.55. The van der Waals surface area contributed by atoms with Crippen LogP contribution in [0.1, 0.15) is 80.9 Å². The van der Waals surface area contributed by atoms with E-state index in [0.29, 0.717) is 18.9 Å². The normalized spacial score (nSPS) is 23.6. The highest BCUT2D eigenvalue weighted by Crippen LogP contribution is 2.46. The van der Waals surface area contributed by atoms with Gasteiger partial charge in [0.1, 0.15) is 17.9 Å². The number of allylic oxidation sites excluding steroid dienone is 1. The summed E-state index contributed by atoms with van der Waals surface area (Å²) in [6.45, 7) is 3.99. The third-order valence-corrected chi connectivity index (χ3v) is 12.0. The van der Waals surface area contributed by atoms with Crippen LogP contribution in [0.3, 0.4) is 0 Å². The molecule has 4 heterocycles. The number of likely N-dealkylation sites (tertiary alicyclic amines) is 2. The van der Waals surface area contributed by atoms with E-state index in [1.165, 1.54) is 36.5 Å². The molecule has 0 unspecified atom stereocenters. The fraction of sp³-hybridized carbons (Fsp3) is 0.463. The highest BCUT2D eigenvalue weighted by atomic mass is 16.5. The molecule has 4 amide bonds. The number of alkyl carbamates (subject to hydrolysis) is 2. The number of amides is 4. The summed E-state index contributed by atoms with van der Waals surface area (Å²) >= 11 is 0. The van der Waals surface area contributed by atoms with E-state index < -0.39 is 24.3 Å². The van der Waals surface area contributed by atoms with E-state index in [0.717, 1.165) is 78.9 Å². The van der Waals surface area contributed by atoms with Crippen molar-refractivity contribution in [3.63, 3.8) is 0 Å². The number of nitrogens with one attached hydrogen (secondary N) is 3. The van der Waals surface area contributed by atoms with Gasteiger partial charge in [0.05, 0.1) is 38.2 Å². The summed E-state index contributed by atoms with van der Waals surface area (Å²) in [6.07, 6.45) is 9.84. The zero-order valence-electron chi connectivity index (χ0n) is 31.2. The van der Waals surface area contributed by atoms with Crippen molar-refractivity contribution in [2.24, 2.45) is 10.9 Å². The molecule has 6 atom stereocenters. The number of hydrogen-bond donors (Lipinski definition) is 3. The lowest BCUT2D eigenvalue weighted by Gasteiger charge is -2.37. The van der Waals surface area contributed by atoms with Gasteiger partial charge in [-0.1, -0.05) is 30.3 Å². The standard InChI is InChI=1S/C41H47N7O6/c1-22(44-40(51)53-3)38(49)47-15-5-6-35(47)37-43-21-34(46-37)27-11-14-32-26(17-27)8-7-25-16-24(10-13-31(25)32)29-19-33(42-20-29)36-28-9-12-30(18-28)48(36)39(50)23(2)45-41(52)54-4/h10-11,13-14,16-17,20-23,28,30,35-36H,5-9,12,15,18-19H2,1-4H3,(H,43,46)(H,44,51)(H,45,52)/t22-,23-,28+,30+,35-,36-/m0/s1. The SMILES string of the molecule is COC(=O)N[C@@H](C)C(=O)N1CCC[C@H]1c1ncc(-c2ccc3c(c2)CCc2cc(C4=CN=C([C@@H]5[C@@H]6CC[C@H](C6)N5C(=O)[C@H](C)NC(=O)OC)C4)ccc2-3)[nH]1. The Morgan fingerprint density at radius 1 is 0.870 bits per heavy atom. The van der Waals surface area contributed by atoms with Crippen LogP contribution < -0.4 is 10.6 Å². The van der Waals surface area contributed by atoms with Crippen molar-refractivity contribution in [1.82, 2.24) is 30.4 Å². The van der Waals surface area contributed by atoms with Crippen LogP contribution in [0.25, 0.3) is 28.0 Å². The maximum absolute atomic E-state index is 13.6. The molecule has 0 spiro atoms. The van der Waals surface area contributed by atoms with Crippen molar-refractivity contribution >= 4 is 35.3 Å². The first-order chi connectivity index (χ1) is 26.1. The average Bonchev–Trinajstić information content (AvgIpc) is 4.05. The number of ether oxygens (including phenoxy) is 2. The Kier molecular flexibility index (Phi) is 9.49. The maximum Gasteiger partial charge on any atom is 0.407 e. The number of carbonyl (C=O) groups is 4. The Balaban J connectivity index is 0.944. The molecule has 54 heavy (non-hydrogen) atoms. The topological polar surface area (TPSA) is 158 Å². The predicted molar refractivity (Wildman–Crippen MR) is 202 cm³/mol. The number of aliphatic imine (C=N–C) groups is 1. The molecule has 2 saturated heterocycles. The molecular formula is C41H47N7O6. The Bertz CT molecular complexity index is 2070. The van der Waals surface area contributed by atoms with Gasteiger partial charge in [0.25, 0.3) is 0 Å². The largest absolute Gasteiger partial charge is 0.453 e. The molecule has 13 heteroatoms. The Morgan fingerprint density at radius 3 is 2.24 bits per heavy atom. The summed E-state index contributed by atoms with van der Waals surface area (Å²) < 4.78 is 9.40. The molecule has 1 saturated carbocycles. The quantitative estimate of drug-likeness (QED) is 0.274. The lowest BCUT2D eigenvalue weighted by atomic mass is 9.82. The number of hydrogen-bond acceptors (Lipinski definition) is 8. The molecule has 5 aliphatic rings. The van der Waals surface area contributed by atoms with Crippen molar-refractivity contribution < 1.29 is 28.7 Å². The zero-order chi connectivity index (χ0) is 37.7. The van der Waals surface area contributed by atoms with E-state index in [-0.39, 0.29) is 29.9 Å². The molecular weight excluding hydrogens is 686 g/mol. The number of aryl methyl sites for hydroxylation is 2. The fourth-order valence-electron chi connectivity index (χ4n) is 9.34. The first kappa shape index (κ1) is 35.6. The number of fused-ring (bicyclic) bond motifs is 5. The van der Waals surface area contributed by atoms with Gasteiger partial charge in [-0.05, 0) is 110 Å². The number of aromatic amines is 1. The summed E-state index contributed by atoms with van der Waals surface area (Å²) in [4.78, 5) is 67.1. The van der Waals surface area contributed by atoms with Gasteiger partial charge < -0.3 is 34.9 Å². The zero-order valence-corrected chi connectivity index (χ0v) is 31.2. The van der Waals surface area contributed by atoms with Gasteiger partial charge in [-0.15, -0.1) is 0 Å². The van der Waals surface area contributed by atoms with Gasteiger partial charge in [-0.2, -0.15) is 0 Å². The molecule has 2 bridgehead atoms. The Hall–Kier alpha value is -5.46. The minimum atomic E-state index is -0.698. The summed E-state index contributed by atoms with van der Waals surface area (Å²) in [6, 6.07) is 11.9. The smallest absolute Gasteiger partial charge is 0.407 e. The number of imidazole rings is 1. The van der Waals surface area contributed by atoms with E-state index in [1.807, 2.05) is 17.3 Å². The van der Waals surface area contributed by atoms with E-state index in [4.69, 9.17) is 14.7 Å². The van der Waals surface area contributed by atoms with Crippen LogP contribution in [0.2, 0.25) is 0 Å². The molecule has 3 aliphatic heterocycles. The molecule has 0 radical (unpaired) electrons. The molecule has 282 valence electrons.